The first-order valence-corrected chi connectivity index (χ1v) is 10.4. The lowest BCUT2D eigenvalue weighted by Gasteiger charge is -2.30. The molecule has 0 N–H and O–H groups in total. The third kappa shape index (κ3) is 5.24. The van der Waals surface area contributed by atoms with Crippen molar-refractivity contribution in [2.24, 2.45) is 5.92 Å². The van der Waals surface area contributed by atoms with Crippen molar-refractivity contribution in [1.29, 1.82) is 0 Å². The molecule has 0 bridgehead atoms. The van der Waals surface area contributed by atoms with E-state index in [0.29, 0.717) is 6.61 Å². The molecule has 0 radical (unpaired) electrons. The lowest BCUT2D eigenvalue weighted by molar-refractivity contribution is -0.0803. The minimum atomic E-state index is -0.494. The highest BCUT2D eigenvalue weighted by Crippen LogP contribution is 2.36. The van der Waals surface area contributed by atoms with Gasteiger partial charge in [-0.3, -0.25) is 0 Å². The van der Waals surface area contributed by atoms with Crippen LogP contribution in [0.15, 0.2) is 18.2 Å². The summed E-state index contributed by atoms with van der Waals surface area (Å²) in [7, 11) is 1.44. The summed E-state index contributed by atoms with van der Waals surface area (Å²) in [6, 6.07) is 3.46. The number of rotatable bonds is 7. The standard InChI is InChI=1S/C22H30ClFO3/c1-3-4-15-5-8-18(26-13-15)14-27-17-9-6-16(7-10-17)19-11-12-20(25-2)22(24)21(19)23/h6,11-12,15,17-18H,3-5,7-10,13-14H2,1-2H3. The van der Waals surface area contributed by atoms with Gasteiger partial charge in [0, 0.05) is 6.61 Å². The molecule has 1 aromatic rings. The molecule has 1 aliphatic heterocycles. The van der Waals surface area contributed by atoms with Crippen LogP contribution in [0.25, 0.3) is 5.57 Å². The minimum Gasteiger partial charge on any atom is -0.494 e. The molecule has 27 heavy (non-hydrogen) atoms. The maximum atomic E-state index is 14.2. The van der Waals surface area contributed by atoms with E-state index in [9.17, 15) is 4.39 Å². The summed E-state index contributed by atoms with van der Waals surface area (Å²) >= 11 is 6.20. The highest BCUT2D eigenvalue weighted by Gasteiger charge is 2.24. The van der Waals surface area contributed by atoms with Crippen LogP contribution in [0.5, 0.6) is 5.75 Å². The second-order valence-electron chi connectivity index (χ2n) is 7.59. The van der Waals surface area contributed by atoms with Crippen molar-refractivity contribution in [2.45, 2.75) is 64.1 Å². The Bertz CT molecular complexity index is 653. The quantitative estimate of drug-likeness (QED) is 0.562. The second-order valence-corrected chi connectivity index (χ2v) is 7.97. The summed E-state index contributed by atoms with van der Waals surface area (Å²) in [6.07, 6.45) is 9.97. The highest BCUT2D eigenvalue weighted by molar-refractivity contribution is 6.32. The van der Waals surface area contributed by atoms with Gasteiger partial charge in [0.1, 0.15) is 0 Å². The third-order valence-corrected chi connectivity index (χ3v) is 6.02. The lowest BCUT2D eigenvalue weighted by atomic mass is 9.91. The van der Waals surface area contributed by atoms with E-state index in [1.165, 1.54) is 26.4 Å². The summed E-state index contributed by atoms with van der Waals surface area (Å²) in [5, 5.41) is 0.136. The first kappa shape index (κ1) is 20.6. The van der Waals surface area contributed by atoms with E-state index in [1.54, 1.807) is 6.07 Å². The maximum absolute atomic E-state index is 14.2. The molecule has 0 spiro atoms. The molecule has 3 unspecified atom stereocenters. The molecular formula is C22H30ClFO3. The summed E-state index contributed by atoms with van der Waals surface area (Å²) in [4.78, 5) is 0. The van der Waals surface area contributed by atoms with Crippen molar-refractivity contribution < 1.29 is 18.6 Å². The Morgan fingerprint density at radius 3 is 2.74 bits per heavy atom. The number of benzene rings is 1. The number of halogens is 2. The predicted octanol–water partition coefficient (Wildman–Crippen LogP) is 6.04. The Hall–Kier alpha value is -1.10. The zero-order valence-corrected chi connectivity index (χ0v) is 17.1. The maximum Gasteiger partial charge on any atom is 0.184 e. The van der Waals surface area contributed by atoms with E-state index in [1.807, 2.05) is 6.07 Å². The van der Waals surface area contributed by atoms with Gasteiger partial charge in [-0.25, -0.2) is 4.39 Å². The molecule has 0 saturated carbocycles. The van der Waals surface area contributed by atoms with Crippen LogP contribution in [-0.4, -0.2) is 32.5 Å². The Labute approximate surface area is 166 Å². The van der Waals surface area contributed by atoms with Gasteiger partial charge in [-0.15, -0.1) is 0 Å². The van der Waals surface area contributed by atoms with E-state index in [-0.39, 0.29) is 23.0 Å². The highest BCUT2D eigenvalue weighted by atomic mass is 35.5. The van der Waals surface area contributed by atoms with Crippen molar-refractivity contribution >= 4 is 17.2 Å². The molecule has 1 aromatic carbocycles. The molecule has 1 aliphatic carbocycles. The van der Waals surface area contributed by atoms with Gasteiger partial charge in [0.05, 0.1) is 30.9 Å². The van der Waals surface area contributed by atoms with Crippen molar-refractivity contribution in [3.8, 4) is 5.75 Å². The first-order chi connectivity index (χ1) is 13.1. The number of allylic oxidation sites excluding steroid dienone is 1. The molecule has 1 saturated heterocycles. The zero-order valence-electron chi connectivity index (χ0n) is 16.3. The topological polar surface area (TPSA) is 27.7 Å². The minimum absolute atomic E-state index is 0.136. The average molecular weight is 397 g/mol. The normalized spacial score (nSPS) is 25.9. The van der Waals surface area contributed by atoms with Gasteiger partial charge in [0.15, 0.2) is 11.6 Å². The summed E-state index contributed by atoms with van der Waals surface area (Å²) in [5.74, 6) is 0.405. The predicted molar refractivity (Wildman–Crippen MR) is 107 cm³/mol. The molecule has 5 heteroatoms. The number of ether oxygens (including phenoxy) is 3. The fourth-order valence-electron chi connectivity index (χ4n) is 4.01. The van der Waals surface area contributed by atoms with Crippen LogP contribution in [0.2, 0.25) is 5.02 Å². The summed E-state index contributed by atoms with van der Waals surface area (Å²) in [5.41, 5.74) is 1.84. The molecule has 3 atom stereocenters. The zero-order chi connectivity index (χ0) is 19.2. The van der Waals surface area contributed by atoms with Crippen LogP contribution in [0.1, 0.15) is 57.4 Å². The molecule has 150 valence electrons. The van der Waals surface area contributed by atoms with Crippen LogP contribution < -0.4 is 4.74 Å². The van der Waals surface area contributed by atoms with E-state index in [4.69, 9.17) is 25.8 Å². The number of methoxy groups -OCH3 is 1. The Morgan fingerprint density at radius 2 is 2.11 bits per heavy atom. The van der Waals surface area contributed by atoms with Crippen LogP contribution in [0, 0.1) is 11.7 Å². The summed E-state index contributed by atoms with van der Waals surface area (Å²) < 4.78 is 31.2. The van der Waals surface area contributed by atoms with Gasteiger partial charge >= 0.3 is 0 Å². The number of hydrogen-bond donors (Lipinski definition) is 0. The second kappa shape index (κ2) is 9.90. The number of hydrogen-bond acceptors (Lipinski definition) is 3. The van der Waals surface area contributed by atoms with Crippen molar-refractivity contribution in [3.63, 3.8) is 0 Å². The van der Waals surface area contributed by atoms with Gasteiger partial charge in [0.25, 0.3) is 0 Å². The van der Waals surface area contributed by atoms with Gasteiger partial charge in [-0.2, -0.15) is 0 Å². The van der Waals surface area contributed by atoms with Crippen molar-refractivity contribution in [3.05, 3.63) is 34.6 Å². The largest absolute Gasteiger partial charge is 0.494 e. The van der Waals surface area contributed by atoms with Crippen molar-refractivity contribution in [2.75, 3.05) is 20.3 Å². The molecule has 1 fully saturated rings. The average Bonchev–Trinajstić information content (AvgIpc) is 2.70. The van der Waals surface area contributed by atoms with E-state index >= 15 is 0 Å². The van der Waals surface area contributed by atoms with Gasteiger partial charge < -0.3 is 14.2 Å². The van der Waals surface area contributed by atoms with E-state index < -0.39 is 5.82 Å². The van der Waals surface area contributed by atoms with Gasteiger partial charge in [-0.1, -0.05) is 31.0 Å². The van der Waals surface area contributed by atoms with Crippen LogP contribution in [-0.2, 0) is 9.47 Å². The third-order valence-electron chi connectivity index (χ3n) is 5.65. The molecule has 3 nitrogen and oxygen atoms in total. The smallest absolute Gasteiger partial charge is 0.184 e. The molecule has 0 aromatic heterocycles. The van der Waals surface area contributed by atoms with Gasteiger partial charge in [-0.05, 0) is 67.7 Å². The Kier molecular flexibility index (Phi) is 7.57. The molecule has 0 amide bonds. The van der Waals surface area contributed by atoms with E-state index in [2.05, 4.69) is 13.0 Å². The Morgan fingerprint density at radius 1 is 1.26 bits per heavy atom. The first-order valence-electron chi connectivity index (χ1n) is 10.1. The fourth-order valence-corrected chi connectivity index (χ4v) is 4.29. The van der Waals surface area contributed by atoms with Crippen LogP contribution in [0.3, 0.4) is 0 Å². The van der Waals surface area contributed by atoms with Crippen molar-refractivity contribution in [1.82, 2.24) is 0 Å². The molecule has 3 rings (SSSR count). The SMILES string of the molecule is CCCC1CCC(COC2CC=C(c3ccc(OC)c(F)c3Cl)CC2)OC1. The van der Waals surface area contributed by atoms with Crippen LogP contribution >= 0.6 is 11.6 Å². The summed E-state index contributed by atoms with van der Waals surface area (Å²) in [6.45, 7) is 3.77. The van der Waals surface area contributed by atoms with Gasteiger partial charge in [0.2, 0.25) is 0 Å². The molecule has 2 aliphatic rings. The molecule has 1 heterocycles. The molecular weight excluding hydrogens is 367 g/mol. The lowest BCUT2D eigenvalue weighted by Crippen LogP contribution is -2.31. The van der Waals surface area contributed by atoms with E-state index in [0.717, 1.165) is 49.3 Å². The fraction of sp³-hybridized carbons (Fsp3) is 0.636. The Balaban J connectivity index is 1.49. The van der Waals surface area contributed by atoms with Crippen LogP contribution in [0.4, 0.5) is 4.39 Å². The monoisotopic (exact) mass is 396 g/mol.